The standard InChI is InChI=1S/C20H29N3O2S/c1-13-5-6-17(26-13)20(25)23-9-7-22(8-10-23)19(24)16-11-14-3-2-4-15(12-16)18(14)21/h5-6,14-16,18H,2-4,7-12,21H2,1H3. The molecule has 0 aromatic carbocycles. The molecule has 142 valence electrons. The molecule has 2 amide bonds. The molecule has 0 radical (unpaired) electrons. The van der Waals surface area contributed by atoms with E-state index in [2.05, 4.69) is 0 Å². The maximum Gasteiger partial charge on any atom is 0.264 e. The zero-order valence-electron chi connectivity index (χ0n) is 15.5. The third-order valence-corrected chi connectivity index (χ3v) is 7.58. The van der Waals surface area contributed by atoms with Gasteiger partial charge in [0.25, 0.3) is 5.91 Å². The van der Waals surface area contributed by atoms with E-state index in [9.17, 15) is 9.59 Å². The maximum absolute atomic E-state index is 13.0. The average molecular weight is 376 g/mol. The normalized spacial score (nSPS) is 31.8. The van der Waals surface area contributed by atoms with E-state index in [4.69, 9.17) is 5.73 Å². The predicted molar refractivity (Wildman–Crippen MR) is 103 cm³/mol. The van der Waals surface area contributed by atoms with Crippen molar-refractivity contribution in [2.75, 3.05) is 26.2 Å². The highest BCUT2D eigenvalue weighted by atomic mass is 32.1. The molecule has 2 atom stereocenters. The van der Waals surface area contributed by atoms with Gasteiger partial charge in [-0.1, -0.05) is 6.42 Å². The number of hydrogen-bond acceptors (Lipinski definition) is 4. The van der Waals surface area contributed by atoms with Crippen LogP contribution in [0.4, 0.5) is 0 Å². The van der Waals surface area contributed by atoms with Crippen LogP contribution < -0.4 is 5.73 Å². The Bertz CT molecular complexity index is 666. The lowest BCUT2D eigenvalue weighted by Gasteiger charge is -2.45. The lowest BCUT2D eigenvalue weighted by atomic mass is 9.65. The van der Waals surface area contributed by atoms with Crippen molar-refractivity contribution in [3.8, 4) is 0 Å². The monoisotopic (exact) mass is 375 g/mol. The van der Waals surface area contributed by atoms with Crippen molar-refractivity contribution >= 4 is 23.2 Å². The second kappa shape index (κ2) is 7.31. The van der Waals surface area contributed by atoms with Gasteiger partial charge in [-0.15, -0.1) is 11.3 Å². The average Bonchev–Trinajstić information content (AvgIpc) is 3.07. The lowest BCUT2D eigenvalue weighted by molar-refractivity contribution is -0.140. The molecule has 26 heavy (non-hydrogen) atoms. The van der Waals surface area contributed by atoms with E-state index >= 15 is 0 Å². The largest absolute Gasteiger partial charge is 0.339 e. The highest BCUT2D eigenvalue weighted by Crippen LogP contribution is 2.42. The van der Waals surface area contributed by atoms with Crippen molar-refractivity contribution in [3.63, 3.8) is 0 Å². The molecule has 1 saturated heterocycles. The van der Waals surface area contributed by atoms with Gasteiger partial charge in [0.1, 0.15) is 0 Å². The summed E-state index contributed by atoms with van der Waals surface area (Å²) < 4.78 is 0. The summed E-state index contributed by atoms with van der Waals surface area (Å²) in [7, 11) is 0. The number of nitrogens with two attached hydrogens (primary N) is 1. The van der Waals surface area contributed by atoms with Gasteiger partial charge in [-0.25, -0.2) is 0 Å². The summed E-state index contributed by atoms with van der Waals surface area (Å²) in [5, 5.41) is 0. The molecule has 2 heterocycles. The minimum Gasteiger partial charge on any atom is -0.339 e. The Morgan fingerprint density at radius 3 is 2.23 bits per heavy atom. The molecule has 2 saturated carbocycles. The minimum absolute atomic E-state index is 0.105. The Morgan fingerprint density at radius 1 is 1.04 bits per heavy atom. The third-order valence-electron chi connectivity index (χ3n) is 6.59. The Morgan fingerprint density at radius 2 is 1.65 bits per heavy atom. The summed E-state index contributed by atoms with van der Waals surface area (Å²) in [6.45, 7) is 4.62. The predicted octanol–water partition coefficient (Wildman–Crippen LogP) is 2.49. The van der Waals surface area contributed by atoms with Gasteiger partial charge in [-0.05, 0) is 56.6 Å². The number of fused-ring (bicyclic) bond motifs is 2. The quantitative estimate of drug-likeness (QED) is 0.864. The van der Waals surface area contributed by atoms with Crippen LogP contribution in [0.2, 0.25) is 0 Å². The van der Waals surface area contributed by atoms with Gasteiger partial charge in [-0.2, -0.15) is 0 Å². The summed E-state index contributed by atoms with van der Waals surface area (Å²) >= 11 is 1.55. The fraction of sp³-hybridized carbons (Fsp3) is 0.700. The van der Waals surface area contributed by atoms with Crippen molar-refractivity contribution in [1.82, 2.24) is 9.80 Å². The molecule has 1 aromatic rings. The SMILES string of the molecule is Cc1ccc(C(=O)N2CCN(C(=O)C3CC4CCCC(C3)C4N)CC2)s1. The van der Waals surface area contributed by atoms with Crippen LogP contribution in [-0.2, 0) is 4.79 Å². The third kappa shape index (κ3) is 3.41. The number of nitrogens with zero attached hydrogens (tertiary/aromatic N) is 2. The summed E-state index contributed by atoms with van der Waals surface area (Å²) in [5.41, 5.74) is 6.37. The molecule has 4 rings (SSSR count). The van der Waals surface area contributed by atoms with Crippen LogP contribution in [0.5, 0.6) is 0 Å². The van der Waals surface area contributed by atoms with Crippen LogP contribution in [0.1, 0.15) is 46.7 Å². The van der Waals surface area contributed by atoms with Gasteiger partial charge in [0.2, 0.25) is 5.91 Å². The molecular formula is C20H29N3O2S. The van der Waals surface area contributed by atoms with Crippen LogP contribution >= 0.6 is 11.3 Å². The van der Waals surface area contributed by atoms with Crippen LogP contribution in [0.15, 0.2) is 12.1 Å². The van der Waals surface area contributed by atoms with Crippen LogP contribution in [0.3, 0.4) is 0 Å². The molecule has 2 bridgehead atoms. The van der Waals surface area contributed by atoms with E-state index in [1.807, 2.05) is 28.9 Å². The second-order valence-corrected chi connectivity index (χ2v) is 9.51. The summed E-state index contributed by atoms with van der Waals surface area (Å²) in [6, 6.07) is 4.20. The van der Waals surface area contributed by atoms with Crippen molar-refractivity contribution in [2.45, 2.75) is 45.1 Å². The highest BCUT2D eigenvalue weighted by Gasteiger charge is 2.42. The number of aryl methyl sites for hydroxylation is 1. The number of amides is 2. The molecule has 0 spiro atoms. The summed E-state index contributed by atoms with van der Waals surface area (Å²) in [5.74, 6) is 1.61. The number of carbonyl (C=O) groups is 2. The molecule has 2 unspecified atom stereocenters. The number of rotatable bonds is 2. The van der Waals surface area contributed by atoms with E-state index in [0.29, 0.717) is 50.0 Å². The van der Waals surface area contributed by atoms with Gasteiger partial charge in [0, 0.05) is 43.0 Å². The Kier molecular flexibility index (Phi) is 5.06. The first kappa shape index (κ1) is 18.0. The molecule has 2 N–H and O–H groups in total. The summed E-state index contributed by atoms with van der Waals surface area (Å²) in [6.07, 6.45) is 5.56. The molecule has 2 aliphatic carbocycles. The minimum atomic E-state index is 0.105. The Labute approximate surface area is 159 Å². The first-order valence-corrected chi connectivity index (χ1v) is 10.7. The molecule has 6 heteroatoms. The zero-order valence-corrected chi connectivity index (χ0v) is 16.3. The van der Waals surface area contributed by atoms with E-state index in [-0.39, 0.29) is 11.8 Å². The molecule has 3 aliphatic rings. The van der Waals surface area contributed by atoms with Gasteiger partial charge >= 0.3 is 0 Å². The lowest BCUT2D eigenvalue weighted by Crippen LogP contribution is -2.54. The van der Waals surface area contributed by atoms with E-state index in [0.717, 1.165) is 22.6 Å². The highest BCUT2D eigenvalue weighted by molar-refractivity contribution is 7.13. The first-order valence-electron chi connectivity index (χ1n) is 9.93. The van der Waals surface area contributed by atoms with E-state index in [1.165, 1.54) is 19.3 Å². The fourth-order valence-electron chi connectivity index (χ4n) is 5.08. The topological polar surface area (TPSA) is 66.6 Å². The van der Waals surface area contributed by atoms with Crippen molar-refractivity contribution < 1.29 is 9.59 Å². The van der Waals surface area contributed by atoms with Crippen LogP contribution in [0.25, 0.3) is 0 Å². The number of piperazine rings is 1. The molecule has 3 fully saturated rings. The summed E-state index contributed by atoms with van der Waals surface area (Å²) in [4.78, 5) is 31.4. The Hall–Kier alpha value is -1.40. The van der Waals surface area contributed by atoms with E-state index in [1.54, 1.807) is 11.3 Å². The smallest absolute Gasteiger partial charge is 0.264 e. The van der Waals surface area contributed by atoms with Gasteiger partial charge in [0.15, 0.2) is 0 Å². The first-order chi connectivity index (χ1) is 12.5. The number of thiophene rings is 1. The molecule has 1 aliphatic heterocycles. The zero-order chi connectivity index (χ0) is 18.3. The van der Waals surface area contributed by atoms with Crippen LogP contribution in [-0.4, -0.2) is 53.8 Å². The van der Waals surface area contributed by atoms with Crippen LogP contribution in [0, 0.1) is 24.7 Å². The van der Waals surface area contributed by atoms with Crippen molar-refractivity contribution in [2.24, 2.45) is 23.5 Å². The molecule has 5 nitrogen and oxygen atoms in total. The maximum atomic E-state index is 13.0. The number of carbonyl (C=O) groups excluding carboxylic acids is 2. The number of hydrogen-bond donors (Lipinski definition) is 1. The Balaban J connectivity index is 1.33. The van der Waals surface area contributed by atoms with Gasteiger partial charge < -0.3 is 15.5 Å². The molecular weight excluding hydrogens is 346 g/mol. The van der Waals surface area contributed by atoms with E-state index < -0.39 is 0 Å². The van der Waals surface area contributed by atoms with Crippen molar-refractivity contribution in [1.29, 1.82) is 0 Å². The van der Waals surface area contributed by atoms with Gasteiger partial charge in [0.05, 0.1) is 4.88 Å². The second-order valence-electron chi connectivity index (χ2n) is 8.22. The molecule has 1 aromatic heterocycles. The van der Waals surface area contributed by atoms with Crippen molar-refractivity contribution in [3.05, 3.63) is 21.9 Å². The van der Waals surface area contributed by atoms with Gasteiger partial charge in [-0.3, -0.25) is 9.59 Å². The fourth-order valence-corrected chi connectivity index (χ4v) is 5.92.